The van der Waals surface area contributed by atoms with Gasteiger partial charge < -0.3 is 15.3 Å². The average molecular weight is 284 g/mol. The van der Waals surface area contributed by atoms with Crippen molar-refractivity contribution in [2.75, 3.05) is 18.0 Å². The van der Waals surface area contributed by atoms with Gasteiger partial charge in [0.05, 0.1) is 6.04 Å². The topological polar surface area (TPSA) is 78.4 Å². The third-order valence-electron chi connectivity index (χ3n) is 3.43. The number of aromatic nitrogens is 2. The molecule has 6 nitrogen and oxygen atoms in total. The zero-order valence-electron chi connectivity index (χ0n) is 11.4. The summed E-state index contributed by atoms with van der Waals surface area (Å²) in [7, 11) is 0. The Hall–Kier alpha value is -2.63. The van der Waals surface area contributed by atoms with Crippen molar-refractivity contribution in [3.8, 4) is 0 Å². The lowest BCUT2D eigenvalue weighted by Crippen LogP contribution is -2.59. The summed E-state index contributed by atoms with van der Waals surface area (Å²) < 4.78 is 0. The molecular formula is C15H16N4O2. The third kappa shape index (κ3) is 3.28. The molecule has 1 amide bonds. The van der Waals surface area contributed by atoms with Crippen LogP contribution in [0.2, 0.25) is 0 Å². The Kier molecular flexibility index (Phi) is 3.68. The fourth-order valence-electron chi connectivity index (χ4n) is 2.34. The number of rotatable bonds is 4. The second kappa shape index (κ2) is 5.78. The van der Waals surface area contributed by atoms with Crippen LogP contribution in [0.5, 0.6) is 0 Å². The minimum atomic E-state index is -0.987. The standard InChI is InChI=1S/C15H16N4O2/c20-15(21)18-13-9-19(10-13)14-16-7-12(8-17-14)6-11-4-2-1-3-5-11/h1-5,7-8,13,18H,6,9-10H2,(H,20,21). The predicted molar refractivity (Wildman–Crippen MR) is 78.4 cm³/mol. The van der Waals surface area contributed by atoms with Gasteiger partial charge in [0.25, 0.3) is 0 Å². The minimum Gasteiger partial charge on any atom is -0.465 e. The molecule has 21 heavy (non-hydrogen) atoms. The van der Waals surface area contributed by atoms with Crippen LogP contribution in [0.1, 0.15) is 11.1 Å². The molecule has 2 N–H and O–H groups in total. The van der Waals surface area contributed by atoms with Crippen LogP contribution in [-0.2, 0) is 6.42 Å². The fourth-order valence-corrected chi connectivity index (χ4v) is 2.34. The highest BCUT2D eigenvalue weighted by molar-refractivity contribution is 5.65. The van der Waals surface area contributed by atoms with Gasteiger partial charge in [0.2, 0.25) is 5.95 Å². The molecule has 1 fully saturated rings. The smallest absolute Gasteiger partial charge is 0.405 e. The summed E-state index contributed by atoms with van der Waals surface area (Å²) in [5, 5.41) is 11.1. The van der Waals surface area contributed by atoms with Gasteiger partial charge in [-0.1, -0.05) is 30.3 Å². The first kappa shape index (κ1) is 13.4. The van der Waals surface area contributed by atoms with Crippen LogP contribution in [-0.4, -0.2) is 40.3 Å². The Morgan fingerprint density at radius 2 is 1.86 bits per heavy atom. The number of anilines is 1. The molecule has 1 aromatic carbocycles. The molecule has 6 heteroatoms. The van der Waals surface area contributed by atoms with Crippen LogP contribution in [0.25, 0.3) is 0 Å². The van der Waals surface area contributed by atoms with Crippen molar-refractivity contribution >= 4 is 12.0 Å². The zero-order chi connectivity index (χ0) is 14.7. The maximum absolute atomic E-state index is 10.5. The highest BCUT2D eigenvalue weighted by Gasteiger charge is 2.29. The molecular weight excluding hydrogens is 268 g/mol. The van der Waals surface area contributed by atoms with Gasteiger partial charge in [-0.15, -0.1) is 0 Å². The van der Waals surface area contributed by atoms with Crippen LogP contribution in [0.15, 0.2) is 42.7 Å². The van der Waals surface area contributed by atoms with Crippen molar-refractivity contribution < 1.29 is 9.90 Å². The molecule has 0 unspecified atom stereocenters. The van der Waals surface area contributed by atoms with E-state index in [1.54, 1.807) is 0 Å². The summed E-state index contributed by atoms with van der Waals surface area (Å²) in [4.78, 5) is 21.2. The maximum Gasteiger partial charge on any atom is 0.405 e. The van der Waals surface area contributed by atoms with Crippen molar-refractivity contribution in [2.45, 2.75) is 12.5 Å². The summed E-state index contributed by atoms with van der Waals surface area (Å²) in [5.74, 6) is 0.648. The van der Waals surface area contributed by atoms with E-state index in [-0.39, 0.29) is 6.04 Å². The van der Waals surface area contributed by atoms with Crippen LogP contribution in [0.4, 0.5) is 10.7 Å². The van der Waals surface area contributed by atoms with E-state index in [0.717, 1.165) is 12.0 Å². The average Bonchev–Trinajstić information content (AvgIpc) is 2.44. The van der Waals surface area contributed by atoms with Crippen molar-refractivity contribution in [1.29, 1.82) is 0 Å². The molecule has 0 spiro atoms. The highest BCUT2D eigenvalue weighted by Crippen LogP contribution is 2.16. The van der Waals surface area contributed by atoms with Crippen molar-refractivity contribution in [2.24, 2.45) is 0 Å². The van der Waals surface area contributed by atoms with Crippen molar-refractivity contribution in [3.05, 3.63) is 53.9 Å². The molecule has 2 aromatic rings. The van der Waals surface area contributed by atoms with Gasteiger partial charge in [-0.2, -0.15) is 0 Å². The molecule has 3 rings (SSSR count). The van der Waals surface area contributed by atoms with E-state index < -0.39 is 6.09 Å². The van der Waals surface area contributed by atoms with Gasteiger partial charge in [-0.25, -0.2) is 14.8 Å². The molecule has 0 saturated carbocycles. The first-order chi connectivity index (χ1) is 10.2. The van der Waals surface area contributed by atoms with E-state index in [0.29, 0.717) is 19.0 Å². The number of nitrogens with one attached hydrogen (secondary N) is 1. The quantitative estimate of drug-likeness (QED) is 0.890. The molecule has 108 valence electrons. The summed E-state index contributed by atoms with van der Waals surface area (Å²) in [6, 6.07) is 10.1. The normalized spacial score (nSPS) is 14.6. The second-order valence-electron chi connectivity index (χ2n) is 5.11. The van der Waals surface area contributed by atoms with Crippen LogP contribution < -0.4 is 10.2 Å². The maximum atomic E-state index is 10.5. The van der Waals surface area contributed by atoms with Crippen molar-refractivity contribution in [1.82, 2.24) is 15.3 Å². The minimum absolute atomic E-state index is 0.0323. The van der Waals surface area contributed by atoms with Crippen LogP contribution in [0, 0.1) is 0 Å². The van der Waals surface area contributed by atoms with Gasteiger partial charge in [0.1, 0.15) is 0 Å². The van der Waals surface area contributed by atoms with Gasteiger partial charge in [-0.05, 0) is 11.1 Å². The molecule has 0 atom stereocenters. The van der Waals surface area contributed by atoms with E-state index in [1.165, 1.54) is 5.56 Å². The number of benzene rings is 1. The largest absolute Gasteiger partial charge is 0.465 e. The summed E-state index contributed by atoms with van der Waals surface area (Å²) in [6.07, 6.45) is 3.48. The van der Waals surface area contributed by atoms with Gasteiger partial charge >= 0.3 is 6.09 Å². The first-order valence-electron chi connectivity index (χ1n) is 6.80. The lowest BCUT2D eigenvalue weighted by molar-refractivity contribution is 0.187. The van der Waals surface area contributed by atoms with Crippen LogP contribution >= 0.6 is 0 Å². The number of amides is 1. The van der Waals surface area contributed by atoms with E-state index in [4.69, 9.17) is 5.11 Å². The number of carboxylic acid groups (broad SMARTS) is 1. The lowest BCUT2D eigenvalue weighted by Gasteiger charge is -2.38. The van der Waals surface area contributed by atoms with Crippen LogP contribution in [0.3, 0.4) is 0 Å². The number of nitrogens with zero attached hydrogens (tertiary/aromatic N) is 3. The number of carbonyl (C=O) groups is 1. The molecule has 1 aliphatic heterocycles. The van der Waals surface area contributed by atoms with E-state index in [1.807, 2.05) is 35.5 Å². The number of hydrogen-bond donors (Lipinski definition) is 2. The second-order valence-corrected chi connectivity index (χ2v) is 5.11. The van der Waals surface area contributed by atoms with E-state index in [2.05, 4.69) is 27.4 Å². The van der Waals surface area contributed by atoms with Gasteiger partial charge in [0.15, 0.2) is 0 Å². The third-order valence-corrected chi connectivity index (χ3v) is 3.43. The molecule has 0 bridgehead atoms. The summed E-state index contributed by atoms with van der Waals surface area (Å²) in [5.41, 5.74) is 2.29. The monoisotopic (exact) mass is 284 g/mol. The fraction of sp³-hybridized carbons (Fsp3) is 0.267. The van der Waals surface area contributed by atoms with Crippen molar-refractivity contribution in [3.63, 3.8) is 0 Å². The van der Waals surface area contributed by atoms with Gasteiger partial charge in [-0.3, -0.25) is 0 Å². The number of hydrogen-bond acceptors (Lipinski definition) is 4. The Balaban J connectivity index is 1.57. The zero-order valence-corrected chi connectivity index (χ0v) is 11.4. The molecule has 2 heterocycles. The lowest BCUT2D eigenvalue weighted by atomic mass is 10.1. The Morgan fingerprint density at radius 1 is 1.19 bits per heavy atom. The molecule has 1 aliphatic rings. The Labute approximate surface area is 122 Å². The predicted octanol–water partition coefficient (Wildman–Crippen LogP) is 1.52. The summed E-state index contributed by atoms with van der Waals surface area (Å²) >= 11 is 0. The molecule has 0 aliphatic carbocycles. The SMILES string of the molecule is O=C(O)NC1CN(c2ncc(Cc3ccccc3)cn2)C1. The Bertz CT molecular complexity index is 609. The highest BCUT2D eigenvalue weighted by atomic mass is 16.4. The summed E-state index contributed by atoms with van der Waals surface area (Å²) in [6.45, 7) is 1.23. The van der Waals surface area contributed by atoms with Gasteiger partial charge in [0, 0.05) is 31.9 Å². The Morgan fingerprint density at radius 3 is 2.48 bits per heavy atom. The molecule has 1 aromatic heterocycles. The first-order valence-corrected chi connectivity index (χ1v) is 6.80. The molecule has 1 saturated heterocycles. The molecule has 0 radical (unpaired) electrons. The van der Waals surface area contributed by atoms with E-state index >= 15 is 0 Å². The van der Waals surface area contributed by atoms with E-state index in [9.17, 15) is 4.79 Å².